The summed E-state index contributed by atoms with van der Waals surface area (Å²) in [5.41, 5.74) is 9.83. The van der Waals surface area contributed by atoms with Crippen molar-refractivity contribution in [2.24, 2.45) is 17.6 Å². The van der Waals surface area contributed by atoms with E-state index >= 15 is 0 Å². The number of carbonyl (C=O) groups is 4. The molecule has 1 aliphatic carbocycles. The second-order valence-corrected chi connectivity index (χ2v) is 22.6. The molecule has 5 aliphatic heterocycles. The third kappa shape index (κ3) is 15.0. The molecule has 470 valence electrons. The van der Waals surface area contributed by atoms with Crippen molar-refractivity contribution in [3.8, 4) is 0 Å². The van der Waals surface area contributed by atoms with Crippen LogP contribution in [0, 0.1) is 11.8 Å². The van der Waals surface area contributed by atoms with Crippen molar-refractivity contribution in [2.45, 2.75) is 163 Å². The van der Waals surface area contributed by atoms with E-state index in [1.165, 1.54) is 0 Å². The van der Waals surface area contributed by atoms with Crippen LogP contribution in [0.3, 0.4) is 0 Å². The zero-order valence-electron chi connectivity index (χ0n) is 48.0. The Morgan fingerprint density at radius 1 is 0.591 bits per heavy atom. The second kappa shape index (κ2) is 29.1. The van der Waals surface area contributed by atoms with Crippen molar-refractivity contribution >= 4 is 24.1 Å². The van der Waals surface area contributed by atoms with Crippen LogP contribution in [0.15, 0.2) is 152 Å². The Bertz CT molecular complexity index is 3050. The van der Waals surface area contributed by atoms with E-state index in [1.54, 1.807) is 109 Å². The molecule has 5 aromatic carbocycles. The maximum absolute atomic E-state index is 13.8. The molecule has 2 unspecified atom stereocenters. The van der Waals surface area contributed by atoms with E-state index in [4.69, 9.17) is 67.3 Å². The lowest BCUT2D eigenvalue weighted by atomic mass is 9.76. The number of nitrogens with two attached hydrogens (primary N) is 1. The van der Waals surface area contributed by atoms with E-state index in [-0.39, 0.29) is 32.8 Å². The molecule has 21 atom stereocenters. The van der Waals surface area contributed by atoms with Crippen LogP contribution in [0.5, 0.6) is 0 Å². The minimum atomic E-state index is -1.82. The Morgan fingerprint density at radius 2 is 1.11 bits per heavy atom. The minimum absolute atomic E-state index is 0.0310. The lowest BCUT2D eigenvalue weighted by Crippen LogP contribution is -2.68. The van der Waals surface area contributed by atoms with Gasteiger partial charge in [-0.1, -0.05) is 159 Å². The average molecular weight is 1220 g/mol. The molecule has 8 N–H and O–H groups in total. The maximum atomic E-state index is 13.8. The van der Waals surface area contributed by atoms with E-state index in [0.29, 0.717) is 34.2 Å². The number of alkyl carbamates (subject to hydrolysis) is 2. The highest BCUT2D eigenvalue weighted by atomic mass is 16.8. The largest absolute Gasteiger partial charge is 0.461 e. The molecule has 2 amide bonds. The molecule has 0 aromatic heterocycles. The molecule has 1 saturated carbocycles. The van der Waals surface area contributed by atoms with Gasteiger partial charge in [0.2, 0.25) is 0 Å². The van der Waals surface area contributed by atoms with Crippen LogP contribution >= 0.6 is 0 Å². The number of benzene rings is 5. The fourth-order valence-corrected chi connectivity index (χ4v) is 12.1. The van der Waals surface area contributed by atoms with Crippen LogP contribution in [-0.2, 0) is 91.0 Å². The van der Waals surface area contributed by atoms with Crippen LogP contribution in [0.25, 0.3) is 0 Å². The third-order valence-electron chi connectivity index (χ3n) is 16.5. The number of aliphatic hydroxyl groups excluding tert-OH is 4. The zero-order valence-corrected chi connectivity index (χ0v) is 48.0. The number of fused-ring (bicyclic) bond motifs is 2. The quantitative estimate of drug-likeness (QED) is 0.0307. The van der Waals surface area contributed by atoms with Crippen molar-refractivity contribution in [3.63, 3.8) is 0 Å². The molecule has 0 bridgehead atoms. The molecule has 11 rings (SSSR count). The summed E-state index contributed by atoms with van der Waals surface area (Å²) in [4.78, 5) is 54.4. The number of rotatable bonds is 21. The predicted molar refractivity (Wildman–Crippen MR) is 304 cm³/mol. The molecule has 6 fully saturated rings. The molecular weight excluding hydrogens is 1150 g/mol. The van der Waals surface area contributed by atoms with Gasteiger partial charge >= 0.3 is 24.1 Å². The number of amides is 2. The first-order chi connectivity index (χ1) is 42.8. The van der Waals surface area contributed by atoms with E-state index in [1.807, 2.05) is 49.4 Å². The van der Waals surface area contributed by atoms with Crippen LogP contribution in [0.4, 0.5) is 9.59 Å². The number of nitrogens with one attached hydrogen (secondary N) is 2. The Balaban J connectivity index is 0.852. The summed E-state index contributed by atoms with van der Waals surface area (Å²) in [5.74, 6) is -2.15. The van der Waals surface area contributed by atoms with Crippen molar-refractivity contribution < 1.29 is 101 Å². The maximum Gasteiger partial charge on any atom is 0.407 e. The minimum Gasteiger partial charge on any atom is -0.461 e. The van der Waals surface area contributed by atoms with Gasteiger partial charge in [0, 0.05) is 11.5 Å². The summed E-state index contributed by atoms with van der Waals surface area (Å²) in [6.45, 7) is 0.632. The molecule has 5 saturated heterocycles. The van der Waals surface area contributed by atoms with Crippen molar-refractivity contribution in [3.05, 3.63) is 179 Å². The van der Waals surface area contributed by atoms with Crippen LogP contribution < -0.4 is 16.4 Å². The summed E-state index contributed by atoms with van der Waals surface area (Å²) in [7, 11) is 0. The predicted octanol–water partition coefficient (Wildman–Crippen LogP) is 4.24. The standard InChI is InChI=1S/C64H73N3O21/c1-35-27-41-28-46(70)83-53(41)57(52(35)85-61-48(67-64(75)79-33-38-21-11-4-12-22-38)50(72)56-44(82-61)34-77-59(86-56)40-25-15-6-16-26-40)88-62-51(73)55(43(30-68)81-62)87-60-47(66-63(74)78-32-37-19-9-3-10-20-37)49(71)54(84-58(65)39-23-13-5-14-24-39)42(80-60)29-45(69)76-31-36-17-7-2-8-18-36/h2-26,35,41-44,47-62,68,71-73H,27-34,65H2,1H3,(H,66,74)(H,67,75)/t35-,41-,42-,43+,44+,47+,48+,49+,50+,51+,52+,53-,54+,55+,56+,57-,58?,59?,60+,61+,62-/m0/s1. The fraction of sp³-hybridized carbons (Fsp3) is 0.469. The van der Waals surface area contributed by atoms with Gasteiger partial charge in [0.25, 0.3) is 0 Å². The van der Waals surface area contributed by atoms with Crippen molar-refractivity contribution in [1.29, 1.82) is 0 Å². The van der Waals surface area contributed by atoms with Gasteiger partial charge in [-0.15, -0.1) is 0 Å². The number of esters is 2. The molecule has 5 aromatic rings. The molecule has 88 heavy (non-hydrogen) atoms. The number of hydrogen-bond donors (Lipinski definition) is 7. The van der Waals surface area contributed by atoms with Gasteiger partial charge in [0.05, 0.1) is 32.2 Å². The number of aliphatic hydroxyl groups is 4. The smallest absolute Gasteiger partial charge is 0.407 e. The second-order valence-electron chi connectivity index (χ2n) is 22.6. The van der Waals surface area contributed by atoms with E-state index in [0.717, 1.165) is 0 Å². The first-order valence-electron chi connectivity index (χ1n) is 29.5. The lowest BCUT2D eigenvalue weighted by Gasteiger charge is -2.50. The first-order valence-corrected chi connectivity index (χ1v) is 29.5. The van der Waals surface area contributed by atoms with E-state index in [9.17, 15) is 39.6 Å². The van der Waals surface area contributed by atoms with Gasteiger partial charge in [-0.25, -0.2) is 9.59 Å². The molecule has 6 aliphatic rings. The summed E-state index contributed by atoms with van der Waals surface area (Å²) < 4.78 is 81.0. The van der Waals surface area contributed by atoms with Gasteiger partial charge < -0.3 is 98.4 Å². The molecule has 0 radical (unpaired) electrons. The van der Waals surface area contributed by atoms with Gasteiger partial charge in [-0.05, 0) is 34.6 Å². The van der Waals surface area contributed by atoms with Crippen molar-refractivity contribution in [1.82, 2.24) is 10.6 Å². The van der Waals surface area contributed by atoms with Crippen LogP contribution in [0.1, 0.15) is 66.5 Å². The number of ether oxygens (including phenoxy) is 13. The highest BCUT2D eigenvalue weighted by Crippen LogP contribution is 2.45. The Morgan fingerprint density at radius 3 is 1.72 bits per heavy atom. The van der Waals surface area contributed by atoms with Gasteiger partial charge in [0.15, 0.2) is 25.2 Å². The Hall–Kier alpha value is -6.98. The summed E-state index contributed by atoms with van der Waals surface area (Å²) in [5, 5.41) is 53.5. The molecule has 24 nitrogen and oxygen atoms in total. The SMILES string of the molecule is C[C@H]1C[C@H]2CC(=O)O[C@@H]2[C@@H](O[C@@H]2O[C@H](CO)[C@@H](O[C@H]3O[C@@H](CC(=O)OCc4ccccc4)[C@@H](OC(N)c4ccccc4)[C@H](O)[C@H]3NC(=O)OCc3ccccc3)[C@H]2O)[C@@H]1O[C@H]1O[C@@H]2COC(c3ccccc3)O[C@H]2[C@H](O)[C@H]1NC(=O)OCc1ccccc1. The zero-order chi connectivity index (χ0) is 61.3. The van der Waals surface area contributed by atoms with E-state index < -0.39 is 166 Å². The Labute approximate surface area is 507 Å². The molecule has 24 heteroatoms. The normalized spacial score (nSPS) is 33.8. The fourth-order valence-electron chi connectivity index (χ4n) is 12.1. The first kappa shape index (κ1) is 62.6. The van der Waals surface area contributed by atoms with Crippen molar-refractivity contribution in [2.75, 3.05) is 13.2 Å². The van der Waals surface area contributed by atoms with Gasteiger partial charge in [-0.3, -0.25) is 9.59 Å². The average Bonchev–Trinajstić information content (AvgIpc) is 1.89. The highest BCUT2D eigenvalue weighted by molar-refractivity contribution is 5.72. The number of carbonyl (C=O) groups excluding carboxylic acids is 4. The van der Waals surface area contributed by atoms with E-state index in [2.05, 4.69) is 10.6 Å². The Kier molecular flexibility index (Phi) is 20.7. The lowest BCUT2D eigenvalue weighted by molar-refractivity contribution is -0.360. The summed E-state index contributed by atoms with van der Waals surface area (Å²) in [6.07, 6.45) is -25.3. The summed E-state index contributed by atoms with van der Waals surface area (Å²) in [6, 6.07) is 41.6. The van der Waals surface area contributed by atoms with Crippen LogP contribution in [0.2, 0.25) is 0 Å². The molecule has 0 spiro atoms. The van der Waals surface area contributed by atoms with Crippen LogP contribution in [-0.4, -0.2) is 162 Å². The number of hydrogen-bond acceptors (Lipinski definition) is 22. The molecule has 5 heterocycles. The summed E-state index contributed by atoms with van der Waals surface area (Å²) >= 11 is 0. The van der Waals surface area contributed by atoms with Gasteiger partial charge in [-0.2, -0.15) is 0 Å². The highest BCUT2D eigenvalue weighted by Gasteiger charge is 2.59. The third-order valence-corrected chi connectivity index (χ3v) is 16.5. The molecular formula is C64H73N3O21. The monoisotopic (exact) mass is 1220 g/mol. The topological polar surface area (TPSA) is 319 Å². The van der Waals surface area contributed by atoms with Gasteiger partial charge in [0.1, 0.15) is 105 Å².